The molecule has 13 rings (SSSR count). The summed E-state index contributed by atoms with van der Waals surface area (Å²) in [6.07, 6.45) is 16.1. The van der Waals surface area contributed by atoms with Crippen LogP contribution in [0.1, 0.15) is 42.4 Å². The molecular formula is C62H44N2S. The van der Waals surface area contributed by atoms with E-state index in [2.05, 4.69) is 228 Å². The van der Waals surface area contributed by atoms with E-state index in [1.165, 1.54) is 103 Å². The fourth-order valence-corrected chi connectivity index (χ4v) is 11.8. The molecule has 2 heterocycles. The maximum Gasteiger partial charge on any atom is 0.0541 e. The van der Waals surface area contributed by atoms with Crippen LogP contribution in [-0.4, -0.2) is 4.57 Å². The van der Waals surface area contributed by atoms with Gasteiger partial charge in [0.2, 0.25) is 0 Å². The van der Waals surface area contributed by atoms with Crippen molar-refractivity contribution in [2.75, 3.05) is 4.90 Å². The van der Waals surface area contributed by atoms with Crippen molar-refractivity contribution in [1.29, 1.82) is 0 Å². The van der Waals surface area contributed by atoms with Crippen molar-refractivity contribution in [3.63, 3.8) is 0 Å². The number of anilines is 3. The van der Waals surface area contributed by atoms with E-state index in [0.717, 1.165) is 42.7 Å². The first-order valence-electron chi connectivity index (χ1n) is 22.9. The molecule has 2 nitrogen and oxygen atoms in total. The van der Waals surface area contributed by atoms with Gasteiger partial charge in [-0.1, -0.05) is 140 Å². The Morgan fingerprint density at radius 2 is 1.17 bits per heavy atom. The lowest BCUT2D eigenvalue weighted by Gasteiger charge is -2.27. The number of aromatic nitrogens is 1. The summed E-state index contributed by atoms with van der Waals surface area (Å²) in [5.41, 5.74) is 20.2. The largest absolute Gasteiger partial charge is 0.310 e. The molecule has 0 unspecified atom stereocenters. The lowest BCUT2D eigenvalue weighted by molar-refractivity contribution is 1.01. The molecule has 65 heavy (non-hydrogen) atoms. The van der Waals surface area contributed by atoms with E-state index < -0.39 is 0 Å². The van der Waals surface area contributed by atoms with Crippen LogP contribution in [-0.2, 0) is 0 Å². The second-order valence-electron chi connectivity index (χ2n) is 17.4. The Morgan fingerprint density at radius 3 is 2.02 bits per heavy atom. The first kappa shape index (κ1) is 37.8. The number of allylic oxidation sites excluding steroid dienone is 10. The SMILES string of the molecule is C1=CC(/C(=C2/C3=C(C=CCC3)c3ccc(N(c4ccc(-c5ccc6c(c5)c5ccccc5n6-c5ccccc5)cc4)c4ccc5sc6ccccc6c5c4)cc32)c2ccccc2)=CCC1. The van der Waals surface area contributed by atoms with Crippen LogP contribution in [0.15, 0.2) is 230 Å². The highest BCUT2D eigenvalue weighted by atomic mass is 32.1. The summed E-state index contributed by atoms with van der Waals surface area (Å²) in [5, 5.41) is 5.11. The topological polar surface area (TPSA) is 8.17 Å². The molecule has 308 valence electrons. The molecule has 0 N–H and O–H groups in total. The van der Waals surface area contributed by atoms with Gasteiger partial charge in [0.15, 0.2) is 0 Å². The van der Waals surface area contributed by atoms with E-state index in [0.29, 0.717) is 0 Å². The van der Waals surface area contributed by atoms with Crippen molar-refractivity contribution in [3.8, 4) is 16.8 Å². The van der Waals surface area contributed by atoms with Crippen LogP contribution in [0, 0.1) is 0 Å². The molecule has 0 saturated carbocycles. The van der Waals surface area contributed by atoms with Crippen LogP contribution in [0.4, 0.5) is 17.1 Å². The van der Waals surface area contributed by atoms with E-state index in [-0.39, 0.29) is 0 Å². The number of para-hydroxylation sites is 2. The third-order valence-electron chi connectivity index (χ3n) is 13.7. The van der Waals surface area contributed by atoms with E-state index in [4.69, 9.17) is 0 Å². The first-order chi connectivity index (χ1) is 32.2. The van der Waals surface area contributed by atoms with Gasteiger partial charge in [-0.2, -0.15) is 0 Å². The average Bonchev–Trinajstić information content (AvgIpc) is 4.03. The standard InChI is InChI=1S/C62H44N2S/c1-4-16-42(17-5-1)61(43-18-6-2-7-19-43)62-53-25-11-10-22-49(53)50-35-33-47(40-56(50)62)63(48-34-37-60-55(39-48)52-24-13-15-27-59(52)65-60)46-31-28-41(29-32-46)44-30-36-58-54(38-44)51-23-12-14-26-57(51)64(58)45-20-8-3-9-21-45/h1,3-6,8-10,12-24,26-40H,2,7,11,25H2/b62-61-. The second kappa shape index (κ2) is 15.5. The quantitative estimate of drug-likeness (QED) is 0.155. The minimum atomic E-state index is 1.03. The molecule has 0 atom stereocenters. The predicted molar refractivity (Wildman–Crippen MR) is 279 cm³/mol. The molecule has 0 spiro atoms. The van der Waals surface area contributed by atoms with Crippen LogP contribution in [0.2, 0.25) is 0 Å². The highest BCUT2D eigenvalue weighted by Gasteiger charge is 2.31. The Morgan fingerprint density at radius 1 is 0.477 bits per heavy atom. The molecule has 2 aromatic heterocycles. The molecule has 0 amide bonds. The van der Waals surface area contributed by atoms with Gasteiger partial charge in [0.25, 0.3) is 0 Å². The van der Waals surface area contributed by atoms with Crippen LogP contribution in [0.25, 0.3) is 75.5 Å². The van der Waals surface area contributed by atoms with Crippen molar-refractivity contribution in [2.24, 2.45) is 0 Å². The number of hydrogen-bond acceptors (Lipinski definition) is 2. The van der Waals surface area contributed by atoms with E-state index in [1.807, 2.05) is 11.3 Å². The maximum absolute atomic E-state index is 2.48. The van der Waals surface area contributed by atoms with Gasteiger partial charge in [-0.15, -0.1) is 11.3 Å². The number of hydrogen-bond donors (Lipinski definition) is 0. The van der Waals surface area contributed by atoms with Crippen molar-refractivity contribution in [1.82, 2.24) is 4.57 Å². The third-order valence-corrected chi connectivity index (χ3v) is 14.8. The zero-order valence-corrected chi connectivity index (χ0v) is 36.7. The summed E-state index contributed by atoms with van der Waals surface area (Å²) in [6.45, 7) is 0. The summed E-state index contributed by atoms with van der Waals surface area (Å²) in [5.74, 6) is 0. The van der Waals surface area contributed by atoms with Gasteiger partial charge in [-0.3, -0.25) is 0 Å². The molecular weight excluding hydrogens is 805 g/mol. The van der Waals surface area contributed by atoms with Gasteiger partial charge in [0.1, 0.15) is 0 Å². The third kappa shape index (κ3) is 6.30. The van der Waals surface area contributed by atoms with Gasteiger partial charge >= 0.3 is 0 Å². The minimum absolute atomic E-state index is 1.03. The van der Waals surface area contributed by atoms with E-state index in [9.17, 15) is 0 Å². The highest BCUT2D eigenvalue weighted by molar-refractivity contribution is 7.25. The number of rotatable bonds is 7. The Kier molecular flexibility index (Phi) is 9.02. The fraction of sp³-hybridized carbons (Fsp3) is 0.0645. The Hall–Kier alpha value is -7.72. The van der Waals surface area contributed by atoms with Crippen molar-refractivity contribution in [3.05, 3.63) is 246 Å². The smallest absolute Gasteiger partial charge is 0.0541 e. The average molecular weight is 849 g/mol. The lowest BCUT2D eigenvalue weighted by Crippen LogP contribution is -2.10. The summed E-state index contributed by atoms with van der Waals surface area (Å²) in [6, 6.07) is 69.8. The maximum atomic E-state index is 2.48. The van der Waals surface area contributed by atoms with Crippen LogP contribution >= 0.6 is 11.3 Å². The molecule has 0 aliphatic heterocycles. The lowest BCUT2D eigenvalue weighted by atomic mass is 9.84. The van der Waals surface area contributed by atoms with Crippen LogP contribution in [0.3, 0.4) is 0 Å². The molecule has 3 heteroatoms. The van der Waals surface area contributed by atoms with E-state index in [1.54, 1.807) is 0 Å². The number of nitrogens with zero attached hydrogens (tertiary/aromatic N) is 2. The second-order valence-corrected chi connectivity index (χ2v) is 18.5. The molecule has 3 aliphatic rings. The molecule has 8 aromatic carbocycles. The van der Waals surface area contributed by atoms with Gasteiger partial charge in [-0.25, -0.2) is 0 Å². The number of fused-ring (bicyclic) bond motifs is 8. The van der Waals surface area contributed by atoms with Crippen LogP contribution < -0.4 is 4.90 Å². The zero-order chi connectivity index (χ0) is 42.8. The Balaban J connectivity index is 0.981. The molecule has 0 fully saturated rings. The highest BCUT2D eigenvalue weighted by Crippen LogP contribution is 2.53. The normalized spacial score (nSPS) is 15.2. The molecule has 10 aromatic rings. The molecule has 0 radical (unpaired) electrons. The predicted octanol–water partition coefficient (Wildman–Crippen LogP) is 17.6. The summed E-state index contributed by atoms with van der Waals surface area (Å²) < 4.78 is 5.00. The van der Waals surface area contributed by atoms with Crippen molar-refractivity contribution < 1.29 is 0 Å². The molecule has 0 bridgehead atoms. The van der Waals surface area contributed by atoms with Crippen molar-refractivity contribution in [2.45, 2.75) is 25.7 Å². The fourth-order valence-electron chi connectivity index (χ4n) is 10.7. The monoisotopic (exact) mass is 848 g/mol. The van der Waals surface area contributed by atoms with Gasteiger partial charge in [0, 0.05) is 53.7 Å². The minimum Gasteiger partial charge on any atom is -0.310 e. The number of thiophene rings is 1. The van der Waals surface area contributed by atoms with Gasteiger partial charge < -0.3 is 9.47 Å². The number of benzene rings is 8. The van der Waals surface area contributed by atoms with Crippen LogP contribution in [0.5, 0.6) is 0 Å². The van der Waals surface area contributed by atoms with E-state index >= 15 is 0 Å². The Bertz CT molecular complexity index is 3680. The molecule has 3 aliphatic carbocycles. The summed E-state index contributed by atoms with van der Waals surface area (Å²) >= 11 is 1.87. The summed E-state index contributed by atoms with van der Waals surface area (Å²) in [7, 11) is 0. The molecule has 0 saturated heterocycles. The first-order valence-corrected chi connectivity index (χ1v) is 23.7. The Labute approximate surface area is 383 Å². The van der Waals surface area contributed by atoms with Crippen molar-refractivity contribution >= 4 is 87.1 Å². The van der Waals surface area contributed by atoms with Gasteiger partial charge in [0.05, 0.1) is 11.0 Å². The zero-order valence-electron chi connectivity index (χ0n) is 35.9. The summed E-state index contributed by atoms with van der Waals surface area (Å²) in [4.78, 5) is 2.47. The van der Waals surface area contributed by atoms with Gasteiger partial charge in [-0.05, 0) is 160 Å².